The highest BCUT2D eigenvalue weighted by molar-refractivity contribution is 5.90. The van der Waals surface area contributed by atoms with Gasteiger partial charge in [-0.3, -0.25) is 19.2 Å². The number of aliphatic hydroxyl groups excluding tert-OH is 1. The molecule has 0 aromatic carbocycles. The van der Waals surface area contributed by atoms with Crippen molar-refractivity contribution in [2.75, 3.05) is 46.4 Å². The van der Waals surface area contributed by atoms with Crippen LogP contribution in [0.3, 0.4) is 0 Å². The maximum atomic E-state index is 11.3. The van der Waals surface area contributed by atoms with Gasteiger partial charge in [-0.1, -0.05) is 0 Å². The van der Waals surface area contributed by atoms with Crippen LogP contribution in [0.4, 0.5) is 0 Å². The normalized spacial score (nSPS) is 9.62. The van der Waals surface area contributed by atoms with E-state index in [1.165, 1.54) is 0 Å². The number of likely N-dealkylation sites (N-methyl/N-ethyl adjacent to an activating group) is 1. The van der Waals surface area contributed by atoms with Crippen LogP contribution in [0.25, 0.3) is 0 Å². The Kier molecular flexibility index (Phi) is 10.4. The number of rotatable bonds is 10. The van der Waals surface area contributed by atoms with Gasteiger partial charge in [0.1, 0.15) is 0 Å². The SMILES string of the molecule is CNCC(=O)NCC(=O)NCC(=O)NCC(=O)NCCO. The van der Waals surface area contributed by atoms with E-state index in [4.69, 9.17) is 5.11 Å². The summed E-state index contributed by atoms with van der Waals surface area (Å²) in [4.78, 5) is 44.8. The summed E-state index contributed by atoms with van der Waals surface area (Å²) in [6.07, 6.45) is 0. The first-order valence-corrected chi connectivity index (χ1v) is 6.31. The average molecular weight is 303 g/mol. The molecule has 10 heteroatoms. The van der Waals surface area contributed by atoms with Crippen molar-refractivity contribution < 1.29 is 24.3 Å². The number of amides is 4. The van der Waals surface area contributed by atoms with Gasteiger partial charge in [-0.2, -0.15) is 0 Å². The number of hydrogen-bond acceptors (Lipinski definition) is 6. The van der Waals surface area contributed by atoms with E-state index in [0.29, 0.717) is 0 Å². The van der Waals surface area contributed by atoms with Crippen LogP contribution in [-0.2, 0) is 19.2 Å². The summed E-state index contributed by atoms with van der Waals surface area (Å²) in [5.41, 5.74) is 0. The standard InChI is InChI=1S/C11H21N5O5/c1-12-4-8(18)14-6-10(20)16-7-11(21)15-5-9(19)13-2-3-17/h12,17H,2-7H2,1H3,(H,13,19)(H,14,18)(H,15,21)(H,16,20). The number of carbonyl (C=O) groups excluding carboxylic acids is 4. The summed E-state index contributed by atoms with van der Waals surface area (Å²) in [6, 6.07) is 0. The molecular formula is C11H21N5O5. The molecule has 0 radical (unpaired) electrons. The highest BCUT2D eigenvalue weighted by Crippen LogP contribution is 1.70. The summed E-state index contributed by atoms with van der Waals surface area (Å²) in [5.74, 6) is -1.83. The second-order valence-corrected chi connectivity index (χ2v) is 3.93. The molecule has 0 aliphatic heterocycles. The van der Waals surface area contributed by atoms with Crippen LogP contribution in [0, 0.1) is 0 Å². The Bertz CT molecular complexity index is 374. The second kappa shape index (κ2) is 11.6. The van der Waals surface area contributed by atoms with E-state index in [2.05, 4.69) is 26.6 Å². The molecule has 0 aromatic rings. The van der Waals surface area contributed by atoms with Crippen molar-refractivity contribution in [1.29, 1.82) is 0 Å². The molecule has 0 saturated carbocycles. The molecule has 21 heavy (non-hydrogen) atoms. The van der Waals surface area contributed by atoms with Crippen LogP contribution in [0.15, 0.2) is 0 Å². The van der Waals surface area contributed by atoms with E-state index >= 15 is 0 Å². The summed E-state index contributed by atoms with van der Waals surface area (Å²) in [5, 5.41) is 20.4. The van der Waals surface area contributed by atoms with Crippen molar-refractivity contribution in [3.05, 3.63) is 0 Å². The summed E-state index contributed by atoms with van der Waals surface area (Å²) < 4.78 is 0. The number of carbonyl (C=O) groups is 4. The summed E-state index contributed by atoms with van der Waals surface area (Å²) in [7, 11) is 1.60. The van der Waals surface area contributed by atoms with Crippen LogP contribution in [-0.4, -0.2) is 75.1 Å². The minimum atomic E-state index is -0.538. The molecule has 120 valence electrons. The molecule has 10 nitrogen and oxygen atoms in total. The van der Waals surface area contributed by atoms with Crippen LogP contribution < -0.4 is 26.6 Å². The van der Waals surface area contributed by atoms with E-state index in [9.17, 15) is 19.2 Å². The third-order valence-electron chi connectivity index (χ3n) is 2.11. The minimum absolute atomic E-state index is 0.0940. The summed E-state index contributed by atoms with van der Waals surface area (Å²) >= 11 is 0. The van der Waals surface area contributed by atoms with Crippen LogP contribution in [0.2, 0.25) is 0 Å². The van der Waals surface area contributed by atoms with Gasteiger partial charge in [-0.15, -0.1) is 0 Å². The lowest BCUT2D eigenvalue weighted by Crippen LogP contribution is -2.45. The third-order valence-corrected chi connectivity index (χ3v) is 2.11. The largest absolute Gasteiger partial charge is 0.395 e. The topological polar surface area (TPSA) is 149 Å². The van der Waals surface area contributed by atoms with Crippen molar-refractivity contribution in [3.63, 3.8) is 0 Å². The molecule has 0 atom stereocenters. The predicted molar refractivity (Wildman–Crippen MR) is 73.1 cm³/mol. The lowest BCUT2D eigenvalue weighted by Gasteiger charge is -2.08. The van der Waals surface area contributed by atoms with E-state index in [-0.39, 0.29) is 45.2 Å². The monoisotopic (exact) mass is 303 g/mol. The molecule has 0 spiro atoms. The zero-order valence-corrected chi connectivity index (χ0v) is 11.8. The maximum absolute atomic E-state index is 11.3. The highest BCUT2D eigenvalue weighted by Gasteiger charge is 2.08. The molecule has 6 N–H and O–H groups in total. The lowest BCUT2D eigenvalue weighted by atomic mass is 10.4. The van der Waals surface area contributed by atoms with Crippen molar-refractivity contribution in [1.82, 2.24) is 26.6 Å². The Morgan fingerprint density at radius 1 is 0.714 bits per heavy atom. The van der Waals surface area contributed by atoms with Crippen LogP contribution in [0.5, 0.6) is 0 Å². The molecule has 0 aliphatic rings. The predicted octanol–water partition coefficient (Wildman–Crippen LogP) is -4.34. The Morgan fingerprint density at radius 3 is 1.48 bits per heavy atom. The third kappa shape index (κ3) is 11.3. The highest BCUT2D eigenvalue weighted by atomic mass is 16.3. The van der Waals surface area contributed by atoms with E-state index in [0.717, 1.165) is 0 Å². The first kappa shape index (κ1) is 18.8. The zero-order valence-electron chi connectivity index (χ0n) is 11.8. The van der Waals surface area contributed by atoms with Gasteiger partial charge in [0.2, 0.25) is 23.6 Å². The first-order chi connectivity index (χ1) is 9.99. The van der Waals surface area contributed by atoms with Gasteiger partial charge in [0.05, 0.1) is 32.8 Å². The van der Waals surface area contributed by atoms with Crippen molar-refractivity contribution in [2.24, 2.45) is 0 Å². The first-order valence-electron chi connectivity index (χ1n) is 6.31. The maximum Gasteiger partial charge on any atom is 0.239 e. The van der Waals surface area contributed by atoms with Gasteiger partial charge < -0.3 is 31.7 Å². The van der Waals surface area contributed by atoms with Crippen LogP contribution >= 0.6 is 0 Å². The van der Waals surface area contributed by atoms with E-state index in [1.54, 1.807) is 7.05 Å². The Balaban J connectivity index is 3.70. The Morgan fingerprint density at radius 2 is 1.10 bits per heavy atom. The quantitative estimate of drug-likeness (QED) is 0.240. The Labute approximate surface area is 122 Å². The molecule has 0 bridgehead atoms. The molecule has 4 amide bonds. The van der Waals surface area contributed by atoms with Gasteiger partial charge in [-0.25, -0.2) is 0 Å². The van der Waals surface area contributed by atoms with E-state index < -0.39 is 17.7 Å². The fourth-order valence-corrected chi connectivity index (χ4v) is 1.14. The minimum Gasteiger partial charge on any atom is -0.395 e. The number of nitrogens with one attached hydrogen (secondary N) is 5. The lowest BCUT2D eigenvalue weighted by molar-refractivity contribution is -0.128. The molecule has 0 aliphatic carbocycles. The fourth-order valence-electron chi connectivity index (χ4n) is 1.14. The van der Waals surface area contributed by atoms with Gasteiger partial charge in [0.15, 0.2) is 0 Å². The van der Waals surface area contributed by atoms with Crippen LogP contribution in [0.1, 0.15) is 0 Å². The van der Waals surface area contributed by atoms with E-state index in [1.807, 2.05) is 0 Å². The molecule has 0 unspecified atom stereocenters. The van der Waals surface area contributed by atoms with Gasteiger partial charge in [0.25, 0.3) is 0 Å². The number of hydrogen-bond donors (Lipinski definition) is 6. The molecule has 0 rings (SSSR count). The average Bonchev–Trinajstić information content (AvgIpc) is 2.46. The molecule has 0 aromatic heterocycles. The summed E-state index contributed by atoms with van der Waals surface area (Å²) in [6.45, 7) is -0.754. The van der Waals surface area contributed by atoms with Crippen molar-refractivity contribution in [2.45, 2.75) is 0 Å². The molecule has 0 fully saturated rings. The van der Waals surface area contributed by atoms with Gasteiger partial charge in [-0.05, 0) is 7.05 Å². The molecule has 0 heterocycles. The molecule has 0 saturated heterocycles. The second-order valence-electron chi connectivity index (χ2n) is 3.93. The van der Waals surface area contributed by atoms with Crippen molar-refractivity contribution in [3.8, 4) is 0 Å². The smallest absolute Gasteiger partial charge is 0.239 e. The number of aliphatic hydroxyl groups is 1. The molecular weight excluding hydrogens is 282 g/mol. The zero-order chi connectivity index (χ0) is 16.1. The fraction of sp³-hybridized carbons (Fsp3) is 0.636. The van der Waals surface area contributed by atoms with Gasteiger partial charge in [0, 0.05) is 6.54 Å². The Hall–Kier alpha value is -2.20. The van der Waals surface area contributed by atoms with Gasteiger partial charge >= 0.3 is 0 Å². The van der Waals surface area contributed by atoms with Crippen molar-refractivity contribution >= 4 is 23.6 Å².